The second kappa shape index (κ2) is 8.85. The summed E-state index contributed by atoms with van der Waals surface area (Å²) in [5.41, 5.74) is 5.47. The van der Waals surface area contributed by atoms with Crippen LogP contribution in [0.5, 0.6) is 0 Å². The van der Waals surface area contributed by atoms with Gasteiger partial charge >= 0.3 is 0 Å². The zero-order chi connectivity index (χ0) is 15.6. The highest BCUT2D eigenvalue weighted by atomic mass is 35.5. The van der Waals surface area contributed by atoms with Crippen LogP contribution in [0.3, 0.4) is 0 Å². The number of hydrogen-bond acceptors (Lipinski definition) is 4. The summed E-state index contributed by atoms with van der Waals surface area (Å²) < 4.78 is 2.15. The van der Waals surface area contributed by atoms with Gasteiger partial charge in [-0.2, -0.15) is 0 Å². The summed E-state index contributed by atoms with van der Waals surface area (Å²) in [4.78, 5) is 14.7. The zero-order valence-electron chi connectivity index (χ0n) is 14.4. The Balaban J connectivity index is 0.00000242. The minimum absolute atomic E-state index is 0. The molecular formula is C15H29Cl2N5O. The summed E-state index contributed by atoms with van der Waals surface area (Å²) in [5, 5.41) is 8.52. The molecule has 0 spiro atoms. The van der Waals surface area contributed by atoms with Crippen LogP contribution in [-0.2, 0) is 17.9 Å². The Morgan fingerprint density at radius 3 is 2.30 bits per heavy atom. The van der Waals surface area contributed by atoms with Gasteiger partial charge in [-0.3, -0.25) is 4.79 Å². The number of nitrogens with zero attached hydrogens (tertiary/aromatic N) is 4. The summed E-state index contributed by atoms with van der Waals surface area (Å²) in [6, 6.07) is 0. The van der Waals surface area contributed by atoms with Gasteiger partial charge in [0.25, 0.3) is 0 Å². The molecule has 134 valence electrons. The van der Waals surface area contributed by atoms with Crippen LogP contribution in [0.4, 0.5) is 0 Å². The van der Waals surface area contributed by atoms with Crippen LogP contribution in [0.15, 0.2) is 0 Å². The first-order valence-corrected chi connectivity index (χ1v) is 7.90. The third-order valence-electron chi connectivity index (χ3n) is 4.78. The highest BCUT2D eigenvalue weighted by Gasteiger charge is 2.38. The monoisotopic (exact) mass is 365 g/mol. The molecule has 0 aliphatic carbocycles. The SMILES string of the molecule is CCC(CC)(CN)C(=O)N1CCn2c(nnc2C(C)C)C1.Cl.Cl. The van der Waals surface area contributed by atoms with E-state index < -0.39 is 5.41 Å². The van der Waals surface area contributed by atoms with Crippen LogP contribution in [0.2, 0.25) is 0 Å². The average molecular weight is 366 g/mol. The Kier molecular flexibility index (Phi) is 8.52. The van der Waals surface area contributed by atoms with Crippen molar-refractivity contribution in [2.24, 2.45) is 11.1 Å². The van der Waals surface area contributed by atoms with Gasteiger partial charge < -0.3 is 15.2 Å². The van der Waals surface area contributed by atoms with E-state index in [2.05, 4.69) is 28.6 Å². The number of carbonyl (C=O) groups excluding carboxylic acids is 1. The van der Waals surface area contributed by atoms with E-state index in [1.54, 1.807) is 0 Å². The van der Waals surface area contributed by atoms with Crippen molar-refractivity contribution in [3.8, 4) is 0 Å². The van der Waals surface area contributed by atoms with Gasteiger partial charge in [0.15, 0.2) is 5.82 Å². The van der Waals surface area contributed by atoms with Crippen LogP contribution < -0.4 is 5.73 Å². The van der Waals surface area contributed by atoms with Crippen LogP contribution in [0.1, 0.15) is 58.1 Å². The van der Waals surface area contributed by atoms with Gasteiger partial charge in [-0.15, -0.1) is 35.0 Å². The lowest BCUT2D eigenvalue weighted by Gasteiger charge is -2.37. The van der Waals surface area contributed by atoms with E-state index in [0.29, 0.717) is 25.6 Å². The van der Waals surface area contributed by atoms with Gasteiger partial charge in [0.1, 0.15) is 5.82 Å². The smallest absolute Gasteiger partial charge is 0.230 e. The number of nitrogens with two attached hydrogens (primary N) is 1. The highest BCUT2D eigenvalue weighted by molar-refractivity contribution is 5.85. The lowest BCUT2D eigenvalue weighted by Crippen LogP contribution is -2.50. The second-order valence-electron chi connectivity index (χ2n) is 6.20. The van der Waals surface area contributed by atoms with Crippen molar-refractivity contribution >= 4 is 30.7 Å². The lowest BCUT2D eigenvalue weighted by molar-refractivity contribution is -0.143. The predicted molar refractivity (Wildman–Crippen MR) is 96.1 cm³/mol. The fourth-order valence-corrected chi connectivity index (χ4v) is 3.04. The molecule has 23 heavy (non-hydrogen) atoms. The maximum absolute atomic E-state index is 12.9. The van der Waals surface area contributed by atoms with Crippen molar-refractivity contribution in [1.29, 1.82) is 0 Å². The van der Waals surface area contributed by atoms with Crippen LogP contribution in [-0.4, -0.2) is 38.7 Å². The van der Waals surface area contributed by atoms with E-state index in [4.69, 9.17) is 5.73 Å². The molecule has 2 heterocycles. The largest absolute Gasteiger partial charge is 0.333 e. The minimum Gasteiger partial charge on any atom is -0.333 e. The third kappa shape index (κ3) is 3.98. The lowest BCUT2D eigenvalue weighted by atomic mass is 9.81. The fourth-order valence-electron chi connectivity index (χ4n) is 3.04. The number of hydrogen-bond donors (Lipinski definition) is 1. The molecule has 0 bridgehead atoms. The Hall–Kier alpha value is -0.850. The molecule has 1 aliphatic rings. The van der Waals surface area contributed by atoms with E-state index in [1.165, 1.54) is 0 Å². The topological polar surface area (TPSA) is 77.0 Å². The Labute approximate surface area is 151 Å². The Morgan fingerprint density at radius 2 is 1.83 bits per heavy atom. The number of aromatic nitrogens is 3. The van der Waals surface area contributed by atoms with Crippen molar-refractivity contribution < 1.29 is 4.79 Å². The number of amides is 1. The van der Waals surface area contributed by atoms with E-state index in [-0.39, 0.29) is 30.7 Å². The molecule has 1 aromatic rings. The Morgan fingerprint density at radius 1 is 1.22 bits per heavy atom. The standard InChI is InChI=1S/C15H27N5O.2ClH/c1-5-15(6-2,10-16)14(21)19-7-8-20-12(9-19)17-18-13(20)11(3)4;;/h11H,5-10,16H2,1-4H3;2*1H. The van der Waals surface area contributed by atoms with Gasteiger partial charge in [0, 0.05) is 25.6 Å². The zero-order valence-corrected chi connectivity index (χ0v) is 16.0. The number of fused-ring (bicyclic) bond motifs is 1. The van der Waals surface area contributed by atoms with Crippen LogP contribution in [0, 0.1) is 5.41 Å². The maximum Gasteiger partial charge on any atom is 0.230 e. The summed E-state index contributed by atoms with van der Waals surface area (Å²) >= 11 is 0. The molecular weight excluding hydrogens is 337 g/mol. The van der Waals surface area contributed by atoms with Gasteiger partial charge in [0.2, 0.25) is 5.91 Å². The molecule has 0 atom stereocenters. The van der Waals surface area contributed by atoms with Gasteiger partial charge in [-0.05, 0) is 12.8 Å². The van der Waals surface area contributed by atoms with E-state index in [9.17, 15) is 4.79 Å². The number of rotatable bonds is 5. The molecule has 0 saturated carbocycles. The molecule has 0 unspecified atom stereocenters. The molecule has 8 heteroatoms. The van der Waals surface area contributed by atoms with Crippen molar-refractivity contribution in [2.75, 3.05) is 13.1 Å². The molecule has 1 aromatic heterocycles. The van der Waals surface area contributed by atoms with Crippen molar-refractivity contribution in [2.45, 2.75) is 59.5 Å². The first-order valence-electron chi connectivity index (χ1n) is 7.90. The first-order chi connectivity index (χ1) is 9.99. The Bertz CT molecular complexity index is 506. The normalized spacial score (nSPS) is 14.1. The second-order valence-corrected chi connectivity index (χ2v) is 6.20. The molecule has 1 aliphatic heterocycles. The molecule has 2 N–H and O–H groups in total. The van der Waals surface area contributed by atoms with Crippen LogP contribution >= 0.6 is 24.8 Å². The minimum atomic E-state index is -0.428. The van der Waals surface area contributed by atoms with E-state index in [1.807, 2.05) is 18.7 Å². The quantitative estimate of drug-likeness (QED) is 0.868. The fraction of sp³-hybridized carbons (Fsp3) is 0.800. The van der Waals surface area contributed by atoms with E-state index in [0.717, 1.165) is 31.0 Å². The van der Waals surface area contributed by atoms with Crippen molar-refractivity contribution in [3.05, 3.63) is 11.6 Å². The molecule has 0 aromatic carbocycles. The number of halogens is 2. The summed E-state index contributed by atoms with van der Waals surface area (Å²) in [5.74, 6) is 2.41. The molecule has 0 radical (unpaired) electrons. The molecule has 6 nitrogen and oxygen atoms in total. The van der Waals surface area contributed by atoms with Gasteiger partial charge in [0.05, 0.1) is 12.0 Å². The highest BCUT2D eigenvalue weighted by Crippen LogP contribution is 2.29. The average Bonchev–Trinajstić information content (AvgIpc) is 2.92. The first kappa shape index (κ1) is 22.1. The predicted octanol–water partition coefficient (Wildman–Crippen LogP) is 2.35. The molecule has 1 amide bonds. The van der Waals surface area contributed by atoms with E-state index >= 15 is 0 Å². The molecule has 0 fully saturated rings. The summed E-state index contributed by atoms with van der Waals surface area (Å²) in [6.45, 7) is 10.7. The van der Waals surface area contributed by atoms with Crippen LogP contribution in [0.25, 0.3) is 0 Å². The maximum atomic E-state index is 12.9. The van der Waals surface area contributed by atoms with Gasteiger partial charge in [-0.1, -0.05) is 27.7 Å². The molecule has 2 rings (SSSR count). The third-order valence-corrected chi connectivity index (χ3v) is 4.78. The van der Waals surface area contributed by atoms with Crippen molar-refractivity contribution in [3.63, 3.8) is 0 Å². The van der Waals surface area contributed by atoms with Crippen molar-refractivity contribution in [1.82, 2.24) is 19.7 Å². The molecule has 0 saturated heterocycles. The summed E-state index contributed by atoms with van der Waals surface area (Å²) in [7, 11) is 0. The summed E-state index contributed by atoms with van der Waals surface area (Å²) in [6.07, 6.45) is 1.55. The van der Waals surface area contributed by atoms with Gasteiger partial charge in [-0.25, -0.2) is 0 Å². The number of carbonyl (C=O) groups is 1.